The van der Waals surface area contributed by atoms with Crippen molar-refractivity contribution in [1.29, 1.82) is 0 Å². The van der Waals surface area contributed by atoms with E-state index in [1.807, 2.05) is 0 Å². The highest BCUT2D eigenvalue weighted by Gasteiger charge is 2.30. The van der Waals surface area contributed by atoms with Gasteiger partial charge in [-0.1, -0.05) is 136 Å². The highest BCUT2D eigenvalue weighted by atomic mass is 14.4. The number of hydrogen-bond donors (Lipinski definition) is 0. The summed E-state index contributed by atoms with van der Waals surface area (Å²) in [7, 11) is 0. The third-order valence-electron chi connectivity index (χ3n) is 7.92. The van der Waals surface area contributed by atoms with E-state index in [0.29, 0.717) is 0 Å². The van der Waals surface area contributed by atoms with Crippen LogP contribution >= 0.6 is 0 Å². The standard InChI is InChI=1S/C26H50/c1-3-16-23-17-11-9-7-5-6-8-10-12-20-25(21-15-18-23)26-22-14-13-19-24(26)4-2/h23-26H,3-22H2,1-2H3. The predicted octanol–water partition coefficient (Wildman–Crippen LogP) is 9.32. The maximum atomic E-state index is 2.47. The van der Waals surface area contributed by atoms with Crippen LogP contribution in [0.4, 0.5) is 0 Å². The summed E-state index contributed by atoms with van der Waals surface area (Å²) in [5, 5.41) is 0. The van der Waals surface area contributed by atoms with Gasteiger partial charge in [0.2, 0.25) is 0 Å². The summed E-state index contributed by atoms with van der Waals surface area (Å²) in [6.45, 7) is 4.86. The van der Waals surface area contributed by atoms with Gasteiger partial charge in [0.15, 0.2) is 0 Å². The Kier molecular flexibility index (Phi) is 12.1. The molecule has 0 heteroatoms. The molecule has 0 heterocycles. The quantitative estimate of drug-likeness (QED) is 0.467. The third-order valence-corrected chi connectivity index (χ3v) is 7.92. The molecule has 0 spiro atoms. The summed E-state index contributed by atoms with van der Waals surface area (Å²) < 4.78 is 0. The molecule has 0 N–H and O–H groups in total. The van der Waals surface area contributed by atoms with E-state index in [9.17, 15) is 0 Å². The van der Waals surface area contributed by atoms with Gasteiger partial charge in [-0.3, -0.25) is 0 Å². The molecule has 154 valence electrons. The van der Waals surface area contributed by atoms with Gasteiger partial charge in [0, 0.05) is 0 Å². The average Bonchev–Trinajstić information content (AvgIpc) is 2.68. The van der Waals surface area contributed by atoms with Crippen LogP contribution in [0.2, 0.25) is 0 Å². The molecule has 0 aromatic heterocycles. The van der Waals surface area contributed by atoms with E-state index in [1.54, 1.807) is 19.3 Å². The highest BCUT2D eigenvalue weighted by molar-refractivity contribution is 4.81. The van der Waals surface area contributed by atoms with Gasteiger partial charge in [0.25, 0.3) is 0 Å². The minimum atomic E-state index is 1.04. The fourth-order valence-electron chi connectivity index (χ4n) is 6.35. The van der Waals surface area contributed by atoms with E-state index < -0.39 is 0 Å². The number of hydrogen-bond acceptors (Lipinski definition) is 0. The molecule has 4 atom stereocenters. The zero-order chi connectivity index (χ0) is 18.5. The molecule has 2 rings (SSSR count). The second kappa shape index (κ2) is 14.1. The molecule has 2 fully saturated rings. The van der Waals surface area contributed by atoms with Crippen molar-refractivity contribution in [3.05, 3.63) is 0 Å². The maximum absolute atomic E-state index is 2.47. The van der Waals surface area contributed by atoms with Crippen molar-refractivity contribution in [1.82, 2.24) is 0 Å². The molecule has 0 aromatic rings. The van der Waals surface area contributed by atoms with Crippen LogP contribution < -0.4 is 0 Å². The lowest BCUT2D eigenvalue weighted by molar-refractivity contribution is 0.135. The van der Waals surface area contributed by atoms with Gasteiger partial charge < -0.3 is 0 Å². The first-order chi connectivity index (χ1) is 12.8. The Morgan fingerprint density at radius 1 is 0.538 bits per heavy atom. The van der Waals surface area contributed by atoms with E-state index in [1.165, 1.54) is 109 Å². The molecule has 0 nitrogen and oxygen atoms in total. The molecule has 0 radical (unpaired) electrons. The van der Waals surface area contributed by atoms with E-state index in [-0.39, 0.29) is 0 Å². The van der Waals surface area contributed by atoms with Crippen LogP contribution in [0.1, 0.15) is 142 Å². The van der Waals surface area contributed by atoms with Crippen molar-refractivity contribution in [2.24, 2.45) is 23.7 Å². The molecule has 26 heavy (non-hydrogen) atoms. The summed E-state index contributed by atoms with van der Waals surface area (Å²) in [6, 6.07) is 0. The second-order valence-electron chi connectivity index (χ2n) is 9.87. The van der Waals surface area contributed by atoms with Crippen LogP contribution in [0.15, 0.2) is 0 Å². The van der Waals surface area contributed by atoms with E-state index in [4.69, 9.17) is 0 Å². The van der Waals surface area contributed by atoms with Crippen molar-refractivity contribution < 1.29 is 0 Å². The fourth-order valence-corrected chi connectivity index (χ4v) is 6.35. The van der Waals surface area contributed by atoms with Crippen molar-refractivity contribution in [2.45, 2.75) is 142 Å². The van der Waals surface area contributed by atoms with Gasteiger partial charge in [-0.05, 0) is 30.1 Å². The van der Waals surface area contributed by atoms with Gasteiger partial charge in [0.05, 0.1) is 0 Å². The summed E-state index contributed by atoms with van der Waals surface area (Å²) in [5.74, 6) is 4.24. The summed E-state index contributed by atoms with van der Waals surface area (Å²) in [4.78, 5) is 0. The molecule has 0 bridgehead atoms. The summed E-state index contributed by atoms with van der Waals surface area (Å²) in [5.41, 5.74) is 0. The minimum absolute atomic E-state index is 1.04. The first-order valence-electron chi connectivity index (χ1n) is 12.8. The van der Waals surface area contributed by atoms with Gasteiger partial charge >= 0.3 is 0 Å². The first-order valence-corrected chi connectivity index (χ1v) is 12.8. The maximum Gasteiger partial charge on any atom is -0.0358 e. The molecule has 0 aromatic carbocycles. The Morgan fingerprint density at radius 3 is 1.77 bits per heavy atom. The zero-order valence-electron chi connectivity index (χ0n) is 18.5. The Labute approximate surface area is 166 Å². The van der Waals surface area contributed by atoms with Crippen LogP contribution in [0, 0.1) is 23.7 Å². The van der Waals surface area contributed by atoms with Crippen LogP contribution in [0.25, 0.3) is 0 Å². The van der Waals surface area contributed by atoms with Crippen LogP contribution in [-0.2, 0) is 0 Å². The Balaban J connectivity index is 1.91. The predicted molar refractivity (Wildman–Crippen MR) is 118 cm³/mol. The lowest BCUT2D eigenvalue weighted by atomic mass is 9.68. The van der Waals surface area contributed by atoms with E-state index in [0.717, 1.165) is 23.7 Å². The van der Waals surface area contributed by atoms with E-state index in [2.05, 4.69) is 13.8 Å². The van der Waals surface area contributed by atoms with Crippen LogP contribution in [-0.4, -0.2) is 0 Å². The first kappa shape index (κ1) is 22.3. The molecule has 4 unspecified atom stereocenters. The summed E-state index contributed by atoms with van der Waals surface area (Å²) in [6.07, 6.45) is 30.2. The molecule has 0 amide bonds. The van der Waals surface area contributed by atoms with Gasteiger partial charge in [-0.15, -0.1) is 0 Å². The third kappa shape index (κ3) is 8.35. The zero-order valence-corrected chi connectivity index (χ0v) is 18.5. The average molecular weight is 363 g/mol. The van der Waals surface area contributed by atoms with E-state index >= 15 is 0 Å². The molecule has 0 saturated heterocycles. The number of rotatable bonds is 4. The van der Waals surface area contributed by atoms with Crippen molar-refractivity contribution >= 4 is 0 Å². The second-order valence-corrected chi connectivity index (χ2v) is 9.87. The van der Waals surface area contributed by atoms with Crippen LogP contribution in [0.3, 0.4) is 0 Å². The SMILES string of the molecule is CCCC1CCCCCCCCCCC(C2CCCCC2CC)CCC1. The van der Waals surface area contributed by atoms with Gasteiger partial charge in [-0.2, -0.15) is 0 Å². The lowest BCUT2D eigenvalue weighted by Gasteiger charge is -2.37. The fraction of sp³-hybridized carbons (Fsp3) is 1.00. The Bertz CT molecular complexity index is 320. The van der Waals surface area contributed by atoms with Gasteiger partial charge in [0.1, 0.15) is 0 Å². The molecule has 0 aliphatic heterocycles. The molecule has 2 saturated carbocycles. The lowest BCUT2D eigenvalue weighted by Crippen LogP contribution is -2.27. The van der Waals surface area contributed by atoms with Gasteiger partial charge in [-0.25, -0.2) is 0 Å². The Morgan fingerprint density at radius 2 is 1.08 bits per heavy atom. The minimum Gasteiger partial charge on any atom is -0.0654 e. The molecule has 2 aliphatic rings. The molecular weight excluding hydrogens is 312 g/mol. The topological polar surface area (TPSA) is 0 Å². The normalized spacial score (nSPS) is 33.9. The largest absolute Gasteiger partial charge is 0.0654 e. The Hall–Kier alpha value is 0. The monoisotopic (exact) mass is 362 g/mol. The van der Waals surface area contributed by atoms with Crippen LogP contribution in [0.5, 0.6) is 0 Å². The molecular formula is C26H50. The smallest absolute Gasteiger partial charge is 0.0358 e. The highest BCUT2D eigenvalue weighted by Crippen LogP contribution is 2.41. The summed E-state index contributed by atoms with van der Waals surface area (Å²) >= 11 is 0. The van der Waals surface area contributed by atoms with Crippen molar-refractivity contribution in [3.8, 4) is 0 Å². The molecule has 2 aliphatic carbocycles. The van der Waals surface area contributed by atoms with Crippen molar-refractivity contribution in [2.75, 3.05) is 0 Å². The van der Waals surface area contributed by atoms with Crippen molar-refractivity contribution in [3.63, 3.8) is 0 Å².